The lowest BCUT2D eigenvalue weighted by molar-refractivity contribution is 0.0753. The van der Waals surface area contributed by atoms with Crippen molar-refractivity contribution < 1.29 is 23.4 Å². The molecule has 0 bridgehead atoms. The Morgan fingerprint density at radius 1 is 1.00 bits per heavy atom. The molecule has 1 aromatic heterocycles. The Morgan fingerprint density at radius 2 is 1.70 bits per heavy atom. The van der Waals surface area contributed by atoms with Crippen LogP contribution in [0.2, 0.25) is 0 Å². The van der Waals surface area contributed by atoms with E-state index in [1.54, 1.807) is 39.3 Å². The lowest BCUT2D eigenvalue weighted by atomic mass is 10.1. The Bertz CT molecular complexity index is 976. The molecule has 0 saturated heterocycles. The summed E-state index contributed by atoms with van der Waals surface area (Å²) in [4.78, 5) is 14.5. The summed E-state index contributed by atoms with van der Waals surface area (Å²) in [6.45, 7) is 2.22. The summed E-state index contributed by atoms with van der Waals surface area (Å²) in [6.07, 6.45) is 0. The minimum Gasteiger partial charge on any atom is -0.493 e. The van der Waals surface area contributed by atoms with Gasteiger partial charge in [0.2, 0.25) is 5.75 Å². The number of furan rings is 1. The molecule has 0 aliphatic rings. The van der Waals surface area contributed by atoms with Gasteiger partial charge in [-0.15, -0.1) is 0 Å². The van der Waals surface area contributed by atoms with Crippen molar-refractivity contribution in [3.63, 3.8) is 0 Å². The molecule has 3 aromatic rings. The lowest BCUT2D eigenvalue weighted by Gasteiger charge is -2.20. The van der Waals surface area contributed by atoms with E-state index in [4.69, 9.17) is 18.6 Å². The minimum absolute atomic E-state index is 0.194. The molecular formula is C21H23NO5. The second-order valence-corrected chi connectivity index (χ2v) is 6.21. The maximum Gasteiger partial charge on any atom is 0.289 e. The molecule has 1 heterocycles. The van der Waals surface area contributed by atoms with Gasteiger partial charge >= 0.3 is 0 Å². The number of para-hydroxylation sites is 1. The monoisotopic (exact) mass is 369 g/mol. The highest BCUT2D eigenvalue weighted by atomic mass is 16.5. The number of aryl methyl sites for hydroxylation is 1. The number of carbonyl (C=O) groups is 1. The number of hydrogen-bond acceptors (Lipinski definition) is 5. The fourth-order valence-electron chi connectivity index (χ4n) is 3.17. The van der Waals surface area contributed by atoms with E-state index in [9.17, 15) is 4.79 Å². The van der Waals surface area contributed by atoms with Gasteiger partial charge in [0, 0.05) is 30.1 Å². The Hall–Kier alpha value is -3.15. The number of hydrogen-bond donors (Lipinski definition) is 0. The zero-order valence-corrected chi connectivity index (χ0v) is 16.2. The second-order valence-electron chi connectivity index (χ2n) is 6.21. The summed E-state index contributed by atoms with van der Waals surface area (Å²) in [5.74, 6) is 1.76. The molecule has 27 heavy (non-hydrogen) atoms. The molecule has 0 saturated carbocycles. The van der Waals surface area contributed by atoms with E-state index in [0.717, 1.165) is 16.5 Å². The lowest BCUT2D eigenvalue weighted by Crippen LogP contribution is -2.26. The van der Waals surface area contributed by atoms with E-state index in [1.165, 1.54) is 0 Å². The third-order valence-electron chi connectivity index (χ3n) is 4.58. The first-order chi connectivity index (χ1) is 13.0. The van der Waals surface area contributed by atoms with E-state index < -0.39 is 0 Å². The zero-order chi connectivity index (χ0) is 19.6. The first-order valence-electron chi connectivity index (χ1n) is 8.53. The van der Waals surface area contributed by atoms with Gasteiger partial charge in [-0.05, 0) is 25.1 Å². The molecule has 0 unspecified atom stereocenters. The van der Waals surface area contributed by atoms with Gasteiger partial charge in [-0.1, -0.05) is 18.2 Å². The number of carbonyl (C=O) groups excluding carboxylic acids is 1. The normalized spacial score (nSPS) is 10.7. The van der Waals surface area contributed by atoms with Crippen molar-refractivity contribution in [1.29, 1.82) is 0 Å². The highest BCUT2D eigenvalue weighted by Crippen LogP contribution is 2.40. The number of amides is 1. The summed E-state index contributed by atoms with van der Waals surface area (Å²) in [6, 6.07) is 11.3. The molecule has 6 nitrogen and oxygen atoms in total. The van der Waals surface area contributed by atoms with Gasteiger partial charge in [-0.25, -0.2) is 0 Å². The quantitative estimate of drug-likeness (QED) is 0.656. The molecule has 0 fully saturated rings. The van der Waals surface area contributed by atoms with E-state index in [0.29, 0.717) is 35.1 Å². The van der Waals surface area contributed by atoms with Gasteiger partial charge in [-0.2, -0.15) is 0 Å². The molecule has 0 N–H and O–H groups in total. The fraction of sp³-hybridized carbons (Fsp3) is 0.286. The van der Waals surface area contributed by atoms with Crippen LogP contribution in [0.3, 0.4) is 0 Å². The van der Waals surface area contributed by atoms with Gasteiger partial charge in [0.1, 0.15) is 5.58 Å². The summed E-state index contributed by atoms with van der Waals surface area (Å²) >= 11 is 0. The largest absolute Gasteiger partial charge is 0.493 e. The van der Waals surface area contributed by atoms with Crippen LogP contribution >= 0.6 is 0 Å². The molecule has 0 aliphatic heterocycles. The van der Waals surface area contributed by atoms with Crippen LogP contribution < -0.4 is 14.2 Å². The molecule has 0 radical (unpaired) electrons. The maximum atomic E-state index is 13.0. The van der Waals surface area contributed by atoms with Crippen molar-refractivity contribution in [3.8, 4) is 17.2 Å². The molecule has 3 rings (SSSR count). The maximum absolute atomic E-state index is 13.0. The molecule has 0 spiro atoms. The molecule has 2 aromatic carbocycles. The van der Waals surface area contributed by atoms with E-state index in [2.05, 4.69) is 0 Å². The number of nitrogens with zero attached hydrogens (tertiary/aromatic N) is 1. The van der Waals surface area contributed by atoms with Gasteiger partial charge < -0.3 is 23.5 Å². The Labute approximate surface area is 158 Å². The van der Waals surface area contributed by atoms with E-state index >= 15 is 0 Å². The van der Waals surface area contributed by atoms with Crippen molar-refractivity contribution >= 4 is 16.9 Å². The minimum atomic E-state index is -0.194. The number of ether oxygens (including phenoxy) is 3. The predicted molar refractivity (Wildman–Crippen MR) is 103 cm³/mol. The van der Waals surface area contributed by atoms with Gasteiger partial charge in [-0.3, -0.25) is 4.79 Å². The van der Waals surface area contributed by atoms with E-state index in [1.807, 2.05) is 37.3 Å². The zero-order valence-electron chi connectivity index (χ0n) is 16.2. The van der Waals surface area contributed by atoms with Crippen LogP contribution in [0.5, 0.6) is 17.2 Å². The van der Waals surface area contributed by atoms with Gasteiger partial charge in [0.25, 0.3) is 5.91 Å². The topological polar surface area (TPSA) is 61.1 Å². The van der Waals surface area contributed by atoms with Crippen molar-refractivity contribution in [1.82, 2.24) is 4.90 Å². The van der Waals surface area contributed by atoms with Crippen molar-refractivity contribution in [3.05, 3.63) is 53.3 Å². The van der Waals surface area contributed by atoms with Crippen LogP contribution in [0.25, 0.3) is 11.0 Å². The molecule has 1 amide bonds. The first-order valence-corrected chi connectivity index (χ1v) is 8.53. The van der Waals surface area contributed by atoms with E-state index in [-0.39, 0.29) is 5.91 Å². The van der Waals surface area contributed by atoms with Crippen LogP contribution in [0.15, 0.2) is 40.8 Å². The Kier molecular flexibility index (Phi) is 5.26. The summed E-state index contributed by atoms with van der Waals surface area (Å²) in [7, 11) is 6.41. The second kappa shape index (κ2) is 7.61. The van der Waals surface area contributed by atoms with Crippen molar-refractivity contribution in [2.24, 2.45) is 0 Å². The SMILES string of the molecule is COc1ccc(CN(C)C(=O)c2oc3ccccc3c2C)c(OC)c1OC. The highest BCUT2D eigenvalue weighted by molar-refractivity contribution is 5.98. The summed E-state index contributed by atoms with van der Waals surface area (Å²) < 4.78 is 22.0. The third-order valence-corrected chi connectivity index (χ3v) is 4.58. The van der Waals surface area contributed by atoms with Crippen LogP contribution in [-0.4, -0.2) is 39.2 Å². The Balaban J connectivity index is 1.91. The molecule has 0 aliphatic carbocycles. The average molecular weight is 369 g/mol. The predicted octanol–water partition coefficient (Wildman–Crippen LogP) is 4.04. The third kappa shape index (κ3) is 3.30. The number of methoxy groups -OCH3 is 3. The summed E-state index contributed by atoms with van der Waals surface area (Å²) in [5, 5.41) is 0.943. The van der Waals surface area contributed by atoms with Gasteiger partial charge in [0.05, 0.1) is 21.3 Å². The smallest absolute Gasteiger partial charge is 0.289 e. The number of fused-ring (bicyclic) bond motifs is 1. The highest BCUT2D eigenvalue weighted by Gasteiger charge is 2.23. The summed E-state index contributed by atoms with van der Waals surface area (Å²) in [5.41, 5.74) is 2.34. The first kappa shape index (κ1) is 18.6. The van der Waals surface area contributed by atoms with Gasteiger partial charge in [0.15, 0.2) is 17.3 Å². The van der Waals surface area contributed by atoms with Crippen LogP contribution in [0, 0.1) is 6.92 Å². The fourth-order valence-corrected chi connectivity index (χ4v) is 3.17. The average Bonchev–Trinajstić information content (AvgIpc) is 3.03. The molecule has 142 valence electrons. The molecule has 6 heteroatoms. The van der Waals surface area contributed by atoms with Crippen molar-refractivity contribution in [2.45, 2.75) is 13.5 Å². The van der Waals surface area contributed by atoms with Crippen LogP contribution in [0.1, 0.15) is 21.7 Å². The number of rotatable bonds is 6. The van der Waals surface area contributed by atoms with Crippen LogP contribution in [-0.2, 0) is 6.54 Å². The molecule has 0 atom stereocenters. The number of benzene rings is 2. The standard InChI is InChI=1S/C21H23NO5/c1-13-15-8-6-7-9-16(15)27-18(13)21(23)22(2)12-14-10-11-17(24-3)20(26-5)19(14)25-4/h6-11H,12H2,1-5H3. The Morgan fingerprint density at radius 3 is 2.33 bits per heavy atom. The van der Waals surface area contributed by atoms with Crippen molar-refractivity contribution in [2.75, 3.05) is 28.4 Å². The van der Waals surface area contributed by atoms with Crippen LogP contribution in [0.4, 0.5) is 0 Å². The molecular weight excluding hydrogens is 346 g/mol.